The molecule has 2 aromatic rings. The van der Waals surface area contributed by atoms with Gasteiger partial charge in [0.2, 0.25) is 5.95 Å². The number of halogens is 1. The fraction of sp³-hybridized carbons (Fsp3) is 0.375. The quantitative estimate of drug-likeness (QED) is 0.783. The number of likely N-dealkylation sites (N-methyl/N-ethyl adjacent to an activating group) is 1. The minimum atomic E-state index is -0.177. The first-order valence-corrected chi connectivity index (χ1v) is 7.34. The van der Waals surface area contributed by atoms with Crippen molar-refractivity contribution in [1.29, 1.82) is 0 Å². The Labute approximate surface area is 130 Å². The van der Waals surface area contributed by atoms with Crippen LogP contribution in [0, 0.1) is 5.82 Å². The van der Waals surface area contributed by atoms with Crippen LogP contribution in [0.4, 0.5) is 16.2 Å². The topological polar surface area (TPSA) is 53.1 Å². The number of hydrogen-bond acceptors (Lipinski definition) is 5. The summed E-state index contributed by atoms with van der Waals surface area (Å²) >= 11 is 0. The SMILES string of the molecule is CN(C)CCNc1ccnc(NCCc2ccccc2F)n1. The van der Waals surface area contributed by atoms with Crippen LogP contribution in [0.2, 0.25) is 0 Å². The number of anilines is 2. The van der Waals surface area contributed by atoms with Gasteiger partial charge in [-0.05, 0) is 38.2 Å². The largest absolute Gasteiger partial charge is 0.369 e. The van der Waals surface area contributed by atoms with Gasteiger partial charge in [0.1, 0.15) is 11.6 Å². The molecule has 0 unspecified atom stereocenters. The maximum absolute atomic E-state index is 13.5. The Bertz CT molecular complexity index is 588. The molecule has 0 atom stereocenters. The summed E-state index contributed by atoms with van der Waals surface area (Å²) in [5.41, 5.74) is 0.690. The molecule has 0 amide bonds. The van der Waals surface area contributed by atoms with E-state index >= 15 is 0 Å². The molecule has 0 saturated heterocycles. The molecule has 118 valence electrons. The smallest absolute Gasteiger partial charge is 0.224 e. The highest BCUT2D eigenvalue weighted by atomic mass is 19.1. The molecule has 5 nitrogen and oxygen atoms in total. The molecule has 0 radical (unpaired) electrons. The van der Waals surface area contributed by atoms with E-state index in [1.165, 1.54) is 6.07 Å². The van der Waals surface area contributed by atoms with Crippen LogP contribution in [-0.2, 0) is 6.42 Å². The van der Waals surface area contributed by atoms with Gasteiger partial charge in [-0.2, -0.15) is 4.98 Å². The van der Waals surface area contributed by atoms with Crippen molar-refractivity contribution in [3.63, 3.8) is 0 Å². The fourth-order valence-electron chi connectivity index (χ4n) is 1.96. The lowest BCUT2D eigenvalue weighted by molar-refractivity contribution is 0.425. The van der Waals surface area contributed by atoms with Gasteiger partial charge in [-0.25, -0.2) is 9.37 Å². The zero-order valence-electron chi connectivity index (χ0n) is 13.0. The predicted molar refractivity (Wildman–Crippen MR) is 87.7 cm³/mol. The molecule has 0 aliphatic heterocycles. The first kappa shape index (κ1) is 16.2. The molecule has 0 aliphatic carbocycles. The van der Waals surface area contributed by atoms with E-state index in [9.17, 15) is 4.39 Å². The molecular weight excluding hydrogens is 281 g/mol. The van der Waals surface area contributed by atoms with Gasteiger partial charge in [-0.1, -0.05) is 18.2 Å². The minimum Gasteiger partial charge on any atom is -0.369 e. The summed E-state index contributed by atoms with van der Waals surface area (Å²) in [5.74, 6) is 1.15. The summed E-state index contributed by atoms with van der Waals surface area (Å²) < 4.78 is 13.5. The van der Waals surface area contributed by atoms with Crippen molar-refractivity contribution in [1.82, 2.24) is 14.9 Å². The average Bonchev–Trinajstić information content (AvgIpc) is 2.49. The lowest BCUT2D eigenvalue weighted by atomic mass is 10.1. The molecule has 2 rings (SSSR count). The molecule has 6 heteroatoms. The van der Waals surface area contributed by atoms with Crippen LogP contribution in [0.3, 0.4) is 0 Å². The summed E-state index contributed by atoms with van der Waals surface area (Å²) in [7, 11) is 4.05. The van der Waals surface area contributed by atoms with Crippen LogP contribution in [-0.4, -0.2) is 48.6 Å². The molecule has 2 N–H and O–H groups in total. The van der Waals surface area contributed by atoms with Crippen molar-refractivity contribution in [2.24, 2.45) is 0 Å². The van der Waals surface area contributed by atoms with Gasteiger partial charge >= 0.3 is 0 Å². The number of benzene rings is 1. The molecule has 0 saturated carbocycles. The average molecular weight is 303 g/mol. The normalized spacial score (nSPS) is 10.7. The van der Waals surface area contributed by atoms with Crippen LogP contribution in [0.5, 0.6) is 0 Å². The Kier molecular flexibility index (Phi) is 6.09. The van der Waals surface area contributed by atoms with Gasteiger partial charge in [0.15, 0.2) is 0 Å². The van der Waals surface area contributed by atoms with Crippen molar-refractivity contribution < 1.29 is 4.39 Å². The highest BCUT2D eigenvalue weighted by Gasteiger charge is 2.02. The summed E-state index contributed by atoms with van der Waals surface area (Å²) in [6.07, 6.45) is 2.30. The monoisotopic (exact) mass is 303 g/mol. The fourth-order valence-corrected chi connectivity index (χ4v) is 1.96. The molecular formula is C16H22FN5. The van der Waals surface area contributed by atoms with Crippen LogP contribution in [0.15, 0.2) is 36.5 Å². The maximum Gasteiger partial charge on any atom is 0.224 e. The number of nitrogens with one attached hydrogen (secondary N) is 2. The zero-order chi connectivity index (χ0) is 15.8. The predicted octanol–water partition coefficient (Wildman–Crippen LogP) is 2.24. The van der Waals surface area contributed by atoms with Gasteiger partial charge in [0.25, 0.3) is 0 Å². The minimum absolute atomic E-state index is 0.177. The summed E-state index contributed by atoms with van der Waals surface area (Å²) in [6.45, 7) is 2.33. The van der Waals surface area contributed by atoms with E-state index in [4.69, 9.17) is 0 Å². The van der Waals surface area contributed by atoms with E-state index in [1.54, 1.807) is 18.3 Å². The molecule has 1 aromatic heterocycles. The summed E-state index contributed by atoms with van der Waals surface area (Å²) in [5, 5.41) is 6.36. The van der Waals surface area contributed by atoms with Crippen molar-refractivity contribution >= 4 is 11.8 Å². The molecule has 1 aromatic carbocycles. The second-order valence-corrected chi connectivity index (χ2v) is 5.26. The van der Waals surface area contributed by atoms with Crippen molar-refractivity contribution in [2.45, 2.75) is 6.42 Å². The number of hydrogen-bond donors (Lipinski definition) is 2. The van der Waals surface area contributed by atoms with Crippen LogP contribution in [0.1, 0.15) is 5.56 Å². The highest BCUT2D eigenvalue weighted by molar-refractivity contribution is 5.39. The van der Waals surface area contributed by atoms with Gasteiger partial charge < -0.3 is 15.5 Å². The third kappa shape index (κ3) is 5.29. The second-order valence-electron chi connectivity index (χ2n) is 5.26. The van der Waals surface area contributed by atoms with Crippen LogP contribution < -0.4 is 10.6 Å². The summed E-state index contributed by atoms with van der Waals surface area (Å²) in [6, 6.07) is 8.62. The first-order valence-electron chi connectivity index (χ1n) is 7.34. The van der Waals surface area contributed by atoms with E-state index in [2.05, 4.69) is 25.5 Å². The third-order valence-electron chi connectivity index (χ3n) is 3.16. The van der Waals surface area contributed by atoms with E-state index in [0.29, 0.717) is 24.5 Å². The Morgan fingerprint density at radius 3 is 2.68 bits per heavy atom. The lowest BCUT2D eigenvalue weighted by Crippen LogP contribution is -2.21. The van der Waals surface area contributed by atoms with Gasteiger partial charge in [-0.15, -0.1) is 0 Å². The first-order chi connectivity index (χ1) is 10.6. The molecule has 0 aliphatic rings. The van der Waals surface area contributed by atoms with Gasteiger partial charge in [0, 0.05) is 25.8 Å². The van der Waals surface area contributed by atoms with E-state index in [-0.39, 0.29) is 5.82 Å². The number of aromatic nitrogens is 2. The summed E-state index contributed by atoms with van der Waals surface area (Å²) in [4.78, 5) is 10.6. The van der Waals surface area contributed by atoms with Crippen molar-refractivity contribution in [3.05, 3.63) is 47.9 Å². The van der Waals surface area contributed by atoms with E-state index in [0.717, 1.165) is 18.9 Å². The van der Waals surface area contributed by atoms with E-state index < -0.39 is 0 Å². The highest BCUT2D eigenvalue weighted by Crippen LogP contribution is 2.08. The van der Waals surface area contributed by atoms with Gasteiger partial charge in [0.05, 0.1) is 0 Å². The van der Waals surface area contributed by atoms with Gasteiger partial charge in [-0.3, -0.25) is 0 Å². The van der Waals surface area contributed by atoms with Crippen LogP contribution in [0.25, 0.3) is 0 Å². The lowest BCUT2D eigenvalue weighted by Gasteiger charge is -2.11. The van der Waals surface area contributed by atoms with Crippen LogP contribution >= 0.6 is 0 Å². The van der Waals surface area contributed by atoms with E-state index in [1.807, 2.05) is 26.2 Å². The Balaban J connectivity index is 1.81. The standard InChI is InChI=1S/C16H22FN5/c1-22(2)12-11-18-15-8-10-20-16(21-15)19-9-7-13-5-3-4-6-14(13)17/h3-6,8,10H,7,9,11-12H2,1-2H3,(H2,18,19,20,21). The Hall–Kier alpha value is -2.21. The Morgan fingerprint density at radius 1 is 1.09 bits per heavy atom. The molecule has 0 bridgehead atoms. The number of rotatable bonds is 8. The second kappa shape index (κ2) is 8.29. The molecule has 0 fully saturated rings. The molecule has 0 spiro atoms. The van der Waals surface area contributed by atoms with Crippen molar-refractivity contribution in [3.8, 4) is 0 Å². The molecule has 22 heavy (non-hydrogen) atoms. The Morgan fingerprint density at radius 2 is 1.91 bits per heavy atom. The maximum atomic E-state index is 13.5. The molecule has 1 heterocycles. The van der Waals surface area contributed by atoms with Crippen molar-refractivity contribution in [2.75, 3.05) is 44.4 Å². The zero-order valence-corrected chi connectivity index (χ0v) is 13.0. The number of nitrogens with zero attached hydrogens (tertiary/aromatic N) is 3. The third-order valence-corrected chi connectivity index (χ3v) is 3.16.